The Kier molecular flexibility index (Phi) is 2.30. The van der Waals surface area contributed by atoms with Crippen molar-refractivity contribution in [2.45, 2.75) is 25.3 Å². The number of phenols is 1. The Morgan fingerprint density at radius 2 is 2.08 bits per heavy atom. The number of hydrogen-bond donors (Lipinski definition) is 1. The molecular weight excluding hydrogens is 162 g/mol. The molecule has 0 aromatic heterocycles. The van der Waals surface area contributed by atoms with Gasteiger partial charge in [0.1, 0.15) is 5.75 Å². The zero-order valence-electron chi connectivity index (χ0n) is 7.48. The van der Waals surface area contributed by atoms with Gasteiger partial charge in [-0.15, -0.1) is 0 Å². The van der Waals surface area contributed by atoms with Crippen LogP contribution in [-0.4, -0.2) is 17.4 Å². The third kappa shape index (κ3) is 1.89. The van der Waals surface area contributed by atoms with E-state index in [1.54, 1.807) is 12.3 Å². The number of rotatable bonds is 2. The summed E-state index contributed by atoms with van der Waals surface area (Å²) in [5.41, 5.74) is 0.814. The Morgan fingerprint density at radius 3 is 2.69 bits per heavy atom. The minimum atomic E-state index is 0.311. The summed E-state index contributed by atoms with van der Waals surface area (Å²) in [6.07, 6.45) is 5.47. The van der Waals surface area contributed by atoms with Crippen molar-refractivity contribution in [2.75, 3.05) is 0 Å². The molecule has 1 aromatic rings. The highest BCUT2D eigenvalue weighted by molar-refractivity contribution is 5.83. The number of para-hydroxylation sites is 1. The van der Waals surface area contributed by atoms with Gasteiger partial charge in [-0.25, -0.2) is 0 Å². The molecule has 1 fully saturated rings. The van der Waals surface area contributed by atoms with Gasteiger partial charge in [0.25, 0.3) is 0 Å². The molecule has 2 heteroatoms. The lowest BCUT2D eigenvalue weighted by molar-refractivity contribution is 0.421. The van der Waals surface area contributed by atoms with Crippen LogP contribution in [0.1, 0.15) is 24.8 Å². The molecule has 1 saturated carbocycles. The first-order chi connectivity index (χ1) is 6.36. The number of nitrogens with zero attached hydrogens (tertiary/aromatic N) is 1. The summed E-state index contributed by atoms with van der Waals surface area (Å²) < 4.78 is 0. The van der Waals surface area contributed by atoms with E-state index >= 15 is 0 Å². The van der Waals surface area contributed by atoms with Gasteiger partial charge in [0.2, 0.25) is 0 Å². The van der Waals surface area contributed by atoms with E-state index in [0.717, 1.165) is 5.56 Å². The van der Waals surface area contributed by atoms with Gasteiger partial charge < -0.3 is 5.11 Å². The largest absolute Gasteiger partial charge is 0.507 e. The fraction of sp³-hybridized carbons (Fsp3) is 0.364. The van der Waals surface area contributed by atoms with Crippen LogP contribution in [0.25, 0.3) is 0 Å². The van der Waals surface area contributed by atoms with Crippen LogP contribution in [0.15, 0.2) is 29.3 Å². The molecule has 0 heterocycles. The van der Waals surface area contributed by atoms with Gasteiger partial charge in [-0.1, -0.05) is 12.1 Å². The van der Waals surface area contributed by atoms with E-state index in [0.29, 0.717) is 11.8 Å². The summed E-state index contributed by atoms with van der Waals surface area (Å²) in [5.74, 6) is 0.311. The summed E-state index contributed by atoms with van der Waals surface area (Å²) in [6.45, 7) is 0. The molecule has 2 nitrogen and oxygen atoms in total. The molecule has 0 bridgehead atoms. The molecule has 1 aliphatic carbocycles. The van der Waals surface area contributed by atoms with Crippen LogP contribution in [0.2, 0.25) is 0 Å². The lowest BCUT2D eigenvalue weighted by atomic mass is 9.94. The Hall–Kier alpha value is -1.31. The van der Waals surface area contributed by atoms with Gasteiger partial charge in [0, 0.05) is 17.8 Å². The molecule has 13 heavy (non-hydrogen) atoms. The average molecular weight is 175 g/mol. The van der Waals surface area contributed by atoms with Crippen molar-refractivity contribution < 1.29 is 5.11 Å². The van der Waals surface area contributed by atoms with Crippen molar-refractivity contribution in [1.82, 2.24) is 0 Å². The molecule has 0 radical (unpaired) electrons. The van der Waals surface area contributed by atoms with Crippen molar-refractivity contribution in [1.29, 1.82) is 0 Å². The fourth-order valence-electron chi connectivity index (χ4n) is 1.32. The Morgan fingerprint density at radius 1 is 1.31 bits per heavy atom. The first kappa shape index (κ1) is 8.30. The minimum absolute atomic E-state index is 0.311. The molecule has 0 amide bonds. The topological polar surface area (TPSA) is 32.6 Å². The summed E-state index contributed by atoms with van der Waals surface area (Å²) in [7, 11) is 0. The number of aromatic hydroxyl groups is 1. The standard InChI is InChI=1S/C11H13NO/c13-11-7-2-1-4-9(11)8-12-10-5-3-6-10/h1-2,4,7-8,10,13H,3,5-6H2. The first-order valence-corrected chi connectivity index (χ1v) is 4.67. The van der Waals surface area contributed by atoms with Gasteiger partial charge in [-0.2, -0.15) is 0 Å². The van der Waals surface area contributed by atoms with E-state index in [-0.39, 0.29) is 0 Å². The highest BCUT2D eigenvalue weighted by atomic mass is 16.3. The van der Waals surface area contributed by atoms with Gasteiger partial charge in [0.05, 0.1) is 0 Å². The second kappa shape index (κ2) is 3.60. The number of phenolic OH excluding ortho intramolecular Hbond substituents is 1. The smallest absolute Gasteiger partial charge is 0.124 e. The number of hydrogen-bond acceptors (Lipinski definition) is 2. The zero-order chi connectivity index (χ0) is 9.10. The Labute approximate surface area is 77.9 Å². The van der Waals surface area contributed by atoms with Crippen LogP contribution in [0, 0.1) is 0 Å². The SMILES string of the molecule is Oc1ccccc1C=NC1CCC1. The second-order valence-corrected chi connectivity index (χ2v) is 3.42. The lowest BCUT2D eigenvalue weighted by Gasteiger charge is -2.20. The van der Waals surface area contributed by atoms with Gasteiger partial charge in [0.15, 0.2) is 0 Å². The summed E-state index contributed by atoms with van der Waals surface area (Å²) >= 11 is 0. The summed E-state index contributed by atoms with van der Waals surface area (Å²) in [5, 5.41) is 9.42. The summed E-state index contributed by atoms with van der Waals surface area (Å²) in [6, 6.07) is 7.77. The molecule has 1 N–H and O–H groups in total. The van der Waals surface area contributed by atoms with Crippen LogP contribution < -0.4 is 0 Å². The van der Waals surface area contributed by atoms with Crippen LogP contribution in [0.4, 0.5) is 0 Å². The van der Waals surface area contributed by atoms with Crippen LogP contribution in [0.3, 0.4) is 0 Å². The van der Waals surface area contributed by atoms with Gasteiger partial charge in [-0.05, 0) is 31.4 Å². The monoisotopic (exact) mass is 175 g/mol. The van der Waals surface area contributed by atoms with Gasteiger partial charge >= 0.3 is 0 Å². The predicted octanol–water partition coefficient (Wildman–Crippen LogP) is 2.36. The zero-order valence-corrected chi connectivity index (χ0v) is 7.48. The van der Waals surface area contributed by atoms with Crippen LogP contribution in [0.5, 0.6) is 5.75 Å². The molecule has 2 rings (SSSR count). The molecule has 0 saturated heterocycles. The van der Waals surface area contributed by atoms with E-state index < -0.39 is 0 Å². The van der Waals surface area contributed by atoms with Crippen molar-refractivity contribution in [3.05, 3.63) is 29.8 Å². The molecule has 1 aliphatic rings. The van der Waals surface area contributed by atoms with Crippen molar-refractivity contribution in [3.63, 3.8) is 0 Å². The first-order valence-electron chi connectivity index (χ1n) is 4.67. The van der Waals surface area contributed by atoms with Crippen LogP contribution >= 0.6 is 0 Å². The fourth-order valence-corrected chi connectivity index (χ4v) is 1.32. The maximum absolute atomic E-state index is 9.42. The van der Waals surface area contributed by atoms with Gasteiger partial charge in [-0.3, -0.25) is 4.99 Å². The number of benzene rings is 1. The van der Waals surface area contributed by atoms with E-state index in [2.05, 4.69) is 4.99 Å². The van der Waals surface area contributed by atoms with Crippen molar-refractivity contribution in [3.8, 4) is 5.75 Å². The van der Waals surface area contributed by atoms with E-state index in [1.807, 2.05) is 18.2 Å². The molecular formula is C11H13NO. The van der Waals surface area contributed by atoms with Crippen molar-refractivity contribution in [2.24, 2.45) is 4.99 Å². The van der Waals surface area contributed by atoms with E-state index in [9.17, 15) is 5.11 Å². The van der Waals surface area contributed by atoms with Crippen LogP contribution in [-0.2, 0) is 0 Å². The Bertz CT molecular complexity index is 316. The quantitative estimate of drug-likeness (QED) is 0.687. The molecule has 0 unspecified atom stereocenters. The predicted molar refractivity (Wildman–Crippen MR) is 53.3 cm³/mol. The lowest BCUT2D eigenvalue weighted by Crippen LogP contribution is -2.14. The Balaban J connectivity index is 2.07. The maximum Gasteiger partial charge on any atom is 0.124 e. The highest BCUT2D eigenvalue weighted by Gasteiger charge is 2.14. The second-order valence-electron chi connectivity index (χ2n) is 3.42. The average Bonchev–Trinajstić information content (AvgIpc) is 2.05. The minimum Gasteiger partial charge on any atom is -0.507 e. The van der Waals surface area contributed by atoms with E-state index in [4.69, 9.17) is 0 Å². The third-order valence-electron chi connectivity index (χ3n) is 2.44. The van der Waals surface area contributed by atoms with Crippen molar-refractivity contribution >= 4 is 6.21 Å². The molecule has 0 aliphatic heterocycles. The third-order valence-corrected chi connectivity index (χ3v) is 2.44. The number of aliphatic imine (C=N–C) groups is 1. The highest BCUT2D eigenvalue weighted by Crippen LogP contribution is 2.22. The maximum atomic E-state index is 9.42. The summed E-state index contributed by atoms with van der Waals surface area (Å²) in [4.78, 5) is 4.38. The molecule has 0 atom stereocenters. The molecule has 0 spiro atoms. The molecule has 68 valence electrons. The van der Waals surface area contributed by atoms with E-state index in [1.165, 1.54) is 19.3 Å². The molecule has 1 aromatic carbocycles. The normalized spacial score (nSPS) is 17.5.